The summed E-state index contributed by atoms with van der Waals surface area (Å²) in [5.74, 6) is 0.792. The molecule has 8 heteroatoms. The average molecular weight is 315 g/mol. The Morgan fingerprint density at radius 2 is 2.14 bits per heavy atom. The first kappa shape index (κ1) is 13.6. The van der Waals surface area contributed by atoms with Crippen molar-refractivity contribution in [2.24, 2.45) is 0 Å². The lowest BCUT2D eigenvalue weighted by Crippen LogP contribution is -2.30. The van der Waals surface area contributed by atoms with E-state index in [0.29, 0.717) is 11.7 Å². The Bertz CT molecular complexity index is 733. The number of hydrogen-bond acceptors (Lipinski definition) is 7. The Kier molecular flexibility index (Phi) is 3.69. The molecular weight excluding hydrogens is 298 g/mol. The molecule has 4 rings (SSSR count). The highest BCUT2D eigenvalue weighted by molar-refractivity contribution is 7.10. The molecule has 0 spiro atoms. The van der Waals surface area contributed by atoms with Gasteiger partial charge in [0, 0.05) is 11.4 Å². The molecule has 0 radical (unpaired) electrons. The van der Waals surface area contributed by atoms with Gasteiger partial charge in [0.15, 0.2) is 5.65 Å². The zero-order valence-corrected chi connectivity index (χ0v) is 12.9. The quantitative estimate of drug-likeness (QED) is 0.774. The fraction of sp³-hybridized carbons (Fsp3) is 0.429. The molecular formula is C14H17N7S. The van der Waals surface area contributed by atoms with Crippen LogP contribution in [-0.4, -0.2) is 49.8 Å². The van der Waals surface area contributed by atoms with Crippen molar-refractivity contribution in [1.29, 1.82) is 0 Å². The minimum absolute atomic E-state index is 0.397. The monoisotopic (exact) mass is 315 g/mol. The average Bonchev–Trinajstić information content (AvgIpc) is 3.30. The summed E-state index contributed by atoms with van der Waals surface area (Å²) in [4.78, 5) is 3.95. The molecule has 0 aromatic carbocycles. The highest BCUT2D eigenvalue weighted by atomic mass is 32.1. The van der Waals surface area contributed by atoms with Crippen molar-refractivity contribution in [2.45, 2.75) is 18.9 Å². The summed E-state index contributed by atoms with van der Waals surface area (Å²) in [6.07, 6.45) is 2.58. The maximum atomic E-state index is 4.37. The summed E-state index contributed by atoms with van der Waals surface area (Å²) in [5, 5.41) is 21.2. The van der Waals surface area contributed by atoms with E-state index in [1.54, 1.807) is 0 Å². The van der Waals surface area contributed by atoms with E-state index in [1.165, 1.54) is 35.4 Å². The number of thiophene rings is 1. The van der Waals surface area contributed by atoms with E-state index in [0.717, 1.165) is 12.4 Å². The first-order chi connectivity index (χ1) is 10.9. The van der Waals surface area contributed by atoms with E-state index in [1.807, 2.05) is 23.5 Å². The fourth-order valence-electron chi connectivity index (χ4n) is 2.89. The maximum absolute atomic E-state index is 4.37. The molecule has 1 aliphatic rings. The summed E-state index contributed by atoms with van der Waals surface area (Å²) < 4.78 is 1.44. The number of likely N-dealkylation sites (tertiary alicyclic amines) is 1. The number of fused-ring (bicyclic) bond motifs is 1. The van der Waals surface area contributed by atoms with Crippen LogP contribution < -0.4 is 5.32 Å². The Morgan fingerprint density at radius 1 is 1.23 bits per heavy atom. The Balaban J connectivity index is 1.51. The molecule has 0 aliphatic carbocycles. The van der Waals surface area contributed by atoms with Gasteiger partial charge in [0.2, 0.25) is 0 Å². The van der Waals surface area contributed by atoms with Crippen LogP contribution in [0.1, 0.15) is 23.8 Å². The molecule has 0 bridgehead atoms. The highest BCUT2D eigenvalue weighted by Gasteiger charge is 2.24. The van der Waals surface area contributed by atoms with E-state index in [9.17, 15) is 0 Å². The summed E-state index contributed by atoms with van der Waals surface area (Å²) >= 11 is 1.82. The van der Waals surface area contributed by atoms with Crippen LogP contribution in [0, 0.1) is 0 Å². The van der Waals surface area contributed by atoms with E-state index < -0.39 is 0 Å². The van der Waals surface area contributed by atoms with Gasteiger partial charge in [-0.05, 0) is 59.9 Å². The molecule has 22 heavy (non-hydrogen) atoms. The van der Waals surface area contributed by atoms with Crippen molar-refractivity contribution in [3.05, 3.63) is 34.5 Å². The smallest absolute Gasteiger partial charge is 0.200 e. The van der Waals surface area contributed by atoms with Gasteiger partial charge in [-0.15, -0.1) is 26.2 Å². The molecule has 114 valence electrons. The fourth-order valence-corrected chi connectivity index (χ4v) is 3.75. The van der Waals surface area contributed by atoms with Gasteiger partial charge in [-0.3, -0.25) is 4.90 Å². The second-order valence-corrected chi connectivity index (χ2v) is 6.38. The van der Waals surface area contributed by atoms with Crippen molar-refractivity contribution in [1.82, 2.24) is 30.2 Å². The first-order valence-electron chi connectivity index (χ1n) is 7.47. The highest BCUT2D eigenvalue weighted by Crippen LogP contribution is 2.28. The van der Waals surface area contributed by atoms with Crippen molar-refractivity contribution >= 4 is 22.8 Å². The second kappa shape index (κ2) is 5.98. The third-order valence-corrected chi connectivity index (χ3v) is 4.97. The van der Waals surface area contributed by atoms with E-state index in [-0.39, 0.29) is 0 Å². The van der Waals surface area contributed by atoms with Crippen LogP contribution >= 0.6 is 11.3 Å². The van der Waals surface area contributed by atoms with Crippen molar-refractivity contribution in [2.75, 3.05) is 25.0 Å². The predicted octanol–water partition coefficient (Wildman–Crippen LogP) is 1.83. The molecule has 0 saturated carbocycles. The summed E-state index contributed by atoms with van der Waals surface area (Å²) in [6, 6.07) is 8.52. The number of nitrogens with zero attached hydrogens (tertiary/aromatic N) is 6. The lowest BCUT2D eigenvalue weighted by atomic mass is 10.2. The van der Waals surface area contributed by atoms with Crippen molar-refractivity contribution in [3.63, 3.8) is 0 Å². The largest absolute Gasteiger partial charge is 0.367 e. The Hall–Kier alpha value is -2.06. The molecule has 1 saturated heterocycles. The van der Waals surface area contributed by atoms with Gasteiger partial charge in [0.05, 0.1) is 6.04 Å². The number of anilines is 1. The van der Waals surface area contributed by atoms with Crippen molar-refractivity contribution < 1.29 is 0 Å². The van der Waals surface area contributed by atoms with Crippen LogP contribution in [0.4, 0.5) is 5.82 Å². The van der Waals surface area contributed by atoms with E-state index in [4.69, 9.17) is 0 Å². The molecule has 1 N–H and O–H groups in total. The Morgan fingerprint density at radius 3 is 2.95 bits per heavy atom. The second-order valence-electron chi connectivity index (χ2n) is 5.40. The van der Waals surface area contributed by atoms with E-state index >= 15 is 0 Å². The summed E-state index contributed by atoms with van der Waals surface area (Å²) in [5.41, 5.74) is 0.653. The van der Waals surface area contributed by atoms with Crippen molar-refractivity contribution in [3.8, 4) is 0 Å². The molecule has 4 heterocycles. The summed E-state index contributed by atoms with van der Waals surface area (Å²) in [7, 11) is 0. The normalized spacial score (nSPS) is 17.1. The number of tetrazole rings is 1. The van der Waals surface area contributed by atoms with Gasteiger partial charge in [-0.1, -0.05) is 6.07 Å². The van der Waals surface area contributed by atoms with Gasteiger partial charge in [0.1, 0.15) is 5.82 Å². The number of aromatic nitrogens is 5. The third-order valence-electron chi connectivity index (χ3n) is 4.00. The first-order valence-corrected chi connectivity index (χ1v) is 8.35. The van der Waals surface area contributed by atoms with Gasteiger partial charge in [-0.25, -0.2) is 0 Å². The SMILES string of the molecule is c1csc([C@H](CNc2ccc3nnnn3n2)N2CCCC2)c1. The molecule has 0 unspecified atom stereocenters. The molecule has 1 fully saturated rings. The minimum atomic E-state index is 0.397. The topological polar surface area (TPSA) is 71.2 Å². The molecule has 1 atom stereocenters. The van der Waals surface area contributed by atoms with Crippen LogP contribution in [0.5, 0.6) is 0 Å². The van der Waals surface area contributed by atoms with Crippen LogP contribution in [0.3, 0.4) is 0 Å². The standard InChI is InChI=1S/C14H17N7S/c1-2-8-20(7-1)11(12-4-3-9-22-12)10-15-13-5-6-14-16-18-19-21(14)17-13/h3-6,9,11H,1-2,7-8,10H2,(H,15,17)/t11-/m0/s1. The van der Waals surface area contributed by atoms with Crippen LogP contribution in [-0.2, 0) is 0 Å². The predicted molar refractivity (Wildman–Crippen MR) is 84.9 cm³/mol. The Labute approximate surface area is 131 Å². The maximum Gasteiger partial charge on any atom is 0.200 e. The van der Waals surface area contributed by atoms with Crippen LogP contribution in [0.2, 0.25) is 0 Å². The van der Waals surface area contributed by atoms with Gasteiger partial charge >= 0.3 is 0 Å². The van der Waals surface area contributed by atoms with Gasteiger partial charge in [-0.2, -0.15) is 0 Å². The molecule has 3 aromatic rings. The zero-order valence-electron chi connectivity index (χ0n) is 12.1. The number of nitrogens with one attached hydrogen (secondary N) is 1. The van der Waals surface area contributed by atoms with Crippen LogP contribution in [0.15, 0.2) is 29.6 Å². The lowest BCUT2D eigenvalue weighted by molar-refractivity contribution is 0.259. The molecule has 0 amide bonds. The molecule has 1 aliphatic heterocycles. The van der Waals surface area contributed by atoms with E-state index in [2.05, 4.69) is 48.4 Å². The lowest BCUT2D eigenvalue weighted by Gasteiger charge is -2.27. The minimum Gasteiger partial charge on any atom is -0.367 e. The zero-order chi connectivity index (χ0) is 14.8. The van der Waals surface area contributed by atoms with Gasteiger partial charge in [0.25, 0.3) is 0 Å². The molecule has 7 nitrogen and oxygen atoms in total. The van der Waals surface area contributed by atoms with Crippen LogP contribution in [0.25, 0.3) is 5.65 Å². The molecule has 3 aromatic heterocycles. The van der Waals surface area contributed by atoms with Gasteiger partial charge < -0.3 is 5.32 Å². The number of hydrogen-bond donors (Lipinski definition) is 1. The summed E-state index contributed by atoms with van der Waals surface area (Å²) in [6.45, 7) is 3.18. The number of rotatable bonds is 5. The third kappa shape index (κ3) is 2.67.